The maximum absolute atomic E-state index is 13.4. The summed E-state index contributed by atoms with van der Waals surface area (Å²) in [6.45, 7) is 1.71. The highest BCUT2D eigenvalue weighted by Crippen LogP contribution is 2.20. The molecule has 1 aromatic carbocycles. The lowest BCUT2D eigenvalue weighted by Crippen LogP contribution is -2.39. The molecule has 0 spiro atoms. The molecular weight excluding hydrogens is 286 g/mol. The molecule has 1 rings (SSSR count). The van der Waals surface area contributed by atoms with Gasteiger partial charge in [0, 0.05) is 25.7 Å². The van der Waals surface area contributed by atoms with Crippen molar-refractivity contribution < 1.29 is 17.2 Å². The fourth-order valence-electron chi connectivity index (χ4n) is 1.22. The largest absolute Gasteiger partial charge is 0.329 e. The summed E-state index contributed by atoms with van der Waals surface area (Å²) in [6, 6.07) is 1.87. The zero-order valence-electron chi connectivity index (χ0n) is 9.93. The third-order valence-corrected chi connectivity index (χ3v) is 4.52. The van der Waals surface area contributed by atoms with E-state index >= 15 is 0 Å². The zero-order valence-corrected chi connectivity index (χ0v) is 11.6. The lowest BCUT2D eigenvalue weighted by molar-refractivity contribution is 0.391. The quantitative estimate of drug-likeness (QED) is 0.913. The molecule has 2 N–H and O–H groups in total. The molecule has 0 saturated heterocycles. The second kappa shape index (κ2) is 6.42. The number of hydrogen-bond acceptors (Lipinski definition) is 3. The van der Waals surface area contributed by atoms with E-state index in [9.17, 15) is 17.2 Å². The molecule has 0 saturated carbocycles. The summed E-state index contributed by atoms with van der Waals surface area (Å²) >= 11 is 0. The molecule has 8 heteroatoms. The van der Waals surface area contributed by atoms with Crippen LogP contribution in [-0.2, 0) is 10.0 Å². The minimum atomic E-state index is -3.99. The summed E-state index contributed by atoms with van der Waals surface area (Å²) in [5.41, 5.74) is 5.35. The predicted molar refractivity (Wildman–Crippen MR) is 67.1 cm³/mol. The number of benzene rings is 1. The van der Waals surface area contributed by atoms with Crippen molar-refractivity contribution in [2.75, 3.05) is 13.6 Å². The number of sulfonamides is 1. The minimum absolute atomic E-state index is 0. The molecule has 4 nitrogen and oxygen atoms in total. The molecule has 1 unspecified atom stereocenters. The molecule has 0 amide bonds. The van der Waals surface area contributed by atoms with Crippen LogP contribution in [0.4, 0.5) is 8.78 Å². The van der Waals surface area contributed by atoms with E-state index in [1.807, 2.05) is 0 Å². The maximum Gasteiger partial charge on any atom is 0.246 e. The van der Waals surface area contributed by atoms with Crippen LogP contribution in [0.25, 0.3) is 0 Å². The van der Waals surface area contributed by atoms with Gasteiger partial charge >= 0.3 is 0 Å². The van der Waals surface area contributed by atoms with Crippen molar-refractivity contribution in [2.24, 2.45) is 5.73 Å². The van der Waals surface area contributed by atoms with E-state index in [0.717, 1.165) is 16.4 Å². The number of nitrogens with two attached hydrogens (primary N) is 1. The van der Waals surface area contributed by atoms with Crippen molar-refractivity contribution in [3.63, 3.8) is 0 Å². The number of halogens is 3. The fraction of sp³-hybridized carbons (Fsp3) is 0.400. The Kier molecular flexibility index (Phi) is 6.15. The average molecular weight is 301 g/mol. The van der Waals surface area contributed by atoms with E-state index < -0.39 is 32.6 Å². The Labute approximate surface area is 111 Å². The van der Waals surface area contributed by atoms with Gasteiger partial charge in [0.2, 0.25) is 10.0 Å². The third-order valence-electron chi connectivity index (χ3n) is 2.51. The maximum atomic E-state index is 13.4. The molecule has 0 aliphatic rings. The van der Waals surface area contributed by atoms with Crippen molar-refractivity contribution in [3.05, 3.63) is 29.8 Å². The molecule has 0 aliphatic carbocycles. The summed E-state index contributed by atoms with van der Waals surface area (Å²) in [7, 11) is -2.68. The first-order valence-corrected chi connectivity index (χ1v) is 6.38. The van der Waals surface area contributed by atoms with E-state index in [1.165, 1.54) is 7.05 Å². The summed E-state index contributed by atoms with van der Waals surface area (Å²) in [5, 5.41) is 0. The van der Waals surface area contributed by atoms with Gasteiger partial charge in [-0.05, 0) is 19.1 Å². The van der Waals surface area contributed by atoms with Crippen LogP contribution in [0.1, 0.15) is 6.92 Å². The molecule has 0 aromatic heterocycles. The first-order valence-electron chi connectivity index (χ1n) is 4.94. The number of hydrogen-bond donors (Lipinski definition) is 1. The van der Waals surface area contributed by atoms with Crippen LogP contribution in [0.15, 0.2) is 23.1 Å². The average Bonchev–Trinajstić information content (AvgIpc) is 2.26. The SMILES string of the molecule is CC(CN)N(C)S(=O)(=O)c1ccc(F)cc1F.Cl. The highest BCUT2D eigenvalue weighted by Gasteiger charge is 2.27. The molecule has 0 radical (unpaired) electrons. The van der Waals surface area contributed by atoms with E-state index in [2.05, 4.69) is 0 Å². The lowest BCUT2D eigenvalue weighted by Gasteiger charge is -2.23. The van der Waals surface area contributed by atoms with Crippen LogP contribution in [0.3, 0.4) is 0 Å². The van der Waals surface area contributed by atoms with Gasteiger partial charge in [-0.2, -0.15) is 4.31 Å². The molecule has 1 aromatic rings. The van der Waals surface area contributed by atoms with Gasteiger partial charge in [0.25, 0.3) is 0 Å². The van der Waals surface area contributed by atoms with Gasteiger partial charge in [-0.15, -0.1) is 12.4 Å². The Morgan fingerprint density at radius 3 is 2.39 bits per heavy atom. The normalized spacial score (nSPS) is 13.2. The van der Waals surface area contributed by atoms with Gasteiger partial charge in [-0.25, -0.2) is 17.2 Å². The Bertz CT molecular complexity index is 511. The second-order valence-electron chi connectivity index (χ2n) is 3.68. The van der Waals surface area contributed by atoms with Crippen LogP contribution in [0.5, 0.6) is 0 Å². The number of likely N-dealkylation sites (N-methyl/N-ethyl adjacent to an activating group) is 1. The van der Waals surface area contributed by atoms with Crippen molar-refractivity contribution in [3.8, 4) is 0 Å². The van der Waals surface area contributed by atoms with Crippen molar-refractivity contribution in [2.45, 2.75) is 17.9 Å². The van der Waals surface area contributed by atoms with Crippen LogP contribution >= 0.6 is 12.4 Å². The van der Waals surface area contributed by atoms with E-state index in [4.69, 9.17) is 5.73 Å². The van der Waals surface area contributed by atoms with Crippen molar-refractivity contribution >= 4 is 22.4 Å². The molecule has 0 heterocycles. The molecule has 1 atom stereocenters. The van der Waals surface area contributed by atoms with Crippen LogP contribution < -0.4 is 5.73 Å². The first-order chi connectivity index (χ1) is 7.80. The van der Waals surface area contributed by atoms with Crippen LogP contribution in [0.2, 0.25) is 0 Å². The summed E-state index contributed by atoms with van der Waals surface area (Å²) in [4.78, 5) is -0.554. The molecule has 0 bridgehead atoms. The highest BCUT2D eigenvalue weighted by atomic mass is 35.5. The van der Waals surface area contributed by atoms with E-state index in [0.29, 0.717) is 6.07 Å². The van der Waals surface area contributed by atoms with E-state index in [1.54, 1.807) is 6.92 Å². The molecule has 18 heavy (non-hydrogen) atoms. The highest BCUT2D eigenvalue weighted by molar-refractivity contribution is 7.89. The minimum Gasteiger partial charge on any atom is -0.329 e. The van der Waals surface area contributed by atoms with Gasteiger partial charge in [-0.1, -0.05) is 0 Å². The van der Waals surface area contributed by atoms with Gasteiger partial charge in [-0.3, -0.25) is 0 Å². The molecule has 104 valence electrons. The topological polar surface area (TPSA) is 63.4 Å². The van der Waals surface area contributed by atoms with Crippen LogP contribution in [-0.4, -0.2) is 32.4 Å². The van der Waals surface area contributed by atoms with Crippen LogP contribution in [0, 0.1) is 11.6 Å². The third kappa shape index (κ3) is 3.38. The smallest absolute Gasteiger partial charge is 0.246 e. The summed E-state index contributed by atoms with van der Waals surface area (Å²) < 4.78 is 51.0. The van der Waals surface area contributed by atoms with Gasteiger partial charge in [0.1, 0.15) is 16.5 Å². The molecular formula is C10H15ClF2N2O2S. The first kappa shape index (κ1) is 17.2. The Morgan fingerprint density at radius 1 is 1.39 bits per heavy atom. The van der Waals surface area contributed by atoms with Crippen molar-refractivity contribution in [1.29, 1.82) is 0 Å². The molecule has 0 fully saturated rings. The summed E-state index contributed by atoms with van der Waals surface area (Å²) in [5.74, 6) is -1.93. The standard InChI is InChI=1S/C10H14F2N2O2S.ClH/c1-7(6-13)14(2)17(15,16)10-4-3-8(11)5-9(10)12;/h3-5,7H,6,13H2,1-2H3;1H. The van der Waals surface area contributed by atoms with Gasteiger partial charge in [0.05, 0.1) is 0 Å². The fourth-order valence-corrected chi connectivity index (χ4v) is 2.64. The van der Waals surface area contributed by atoms with Gasteiger partial charge in [0.15, 0.2) is 0 Å². The zero-order chi connectivity index (χ0) is 13.2. The number of rotatable bonds is 4. The summed E-state index contributed by atoms with van der Waals surface area (Å²) in [6.07, 6.45) is 0. The molecule has 0 aliphatic heterocycles. The van der Waals surface area contributed by atoms with E-state index in [-0.39, 0.29) is 19.0 Å². The number of nitrogens with zero attached hydrogens (tertiary/aromatic N) is 1. The monoisotopic (exact) mass is 300 g/mol. The van der Waals surface area contributed by atoms with Gasteiger partial charge < -0.3 is 5.73 Å². The second-order valence-corrected chi connectivity index (χ2v) is 5.65. The Hall–Kier alpha value is -0.760. The predicted octanol–water partition coefficient (Wildman–Crippen LogP) is 1.35. The Morgan fingerprint density at radius 2 is 1.94 bits per heavy atom. The van der Waals surface area contributed by atoms with Crippen molar-refractivity contribution in [1.82, 2.24) is 4.31 Å². The Balaban J connectivity index is 0.00000289. The lowest BCUT2D eigenvalue weighted by atomic mass is 10.3.